The van der Waals surface area contributed by atoms with Gasteiger partial charge in [-0.2, -0.15) is 0 Å². The zero-order valence-electron chi connectivity index (χ0n) is 37.7. The molecule has 6 nitrogen and oxygen atoms in total. The van der Waals surface area contributed by atoms with Crippen molar-refractivity contribution in [1.29, 1.82) is 0 Å². The lowest BCUT2D eigenvalue weighted by Gasteiger charge is -2.33. The molecule has 64 heavy (non-hydrogen) atoms. The number of fused-ring (bicyclic) bond motifs is 2. The summed E-state index contributed by atoms with van der Waals surface area (Å²) in [4.78, 5) is 0. The molecule has 0 aliphatic carbocycles. The molecule has 0 atom stereocenters. The first-order valence-electron chi connectivity index (χ1n) is 21.9. The van der Waals surface area contributed by atoms with Crippen molar-refractivity contribution in [3.8, 4) is 11.1 Å². The number of hydrogen-bond donors (Lipinski definition) is 0. The summed E-state index contributed by atoms with van der Waals surface area (Å²) in [6.07, 6.45) is 0. The lowest BCUT2D eigenvalue weighted by Crippen LogP contribution is -2.26. The molecule has 0 amide bonds. The first-order valence-corrected chi connectivity index (χ1v) is 25.1. The van der Waals surface area contributed by atoms with Crippen molar-refractivity contribution in [1.82, 2.24) is 0 Å². The number of nitrogens with zero attached hydrogens (tertiary/aromatic N) is 4. The monoisotopic (exact) mass is 874 g/mol. The van der Waals surface area contributed by atoms with Gasteiger partial charge in [-0.1, -0.05) is 95.1 Å². The van der Waals surface area contributed by atoms with E-state index in [4.69, 9.17) is 0 Å². The molecule has 0 spiro atoms. The maximum Gasteiger partial charge on any atom is 0.301 e. The average Bonchev–Trinajstić information content (AvgIpc) is 3.69. The number of benzene rings is 8. The van der Waals surface area contributed by atoms with E-state index in [1.54, 1.807) is 0 Å². The van der Waals surface area contributed by atoms with Crippen LogP contribution in [0.1, 0.15) is 44.5 Å². The Balaban J connectivity index is 1.08. The number of rotatable bonds is 7. The summed E-state index contributed by atoms with van der Waals surface area (Å²) in [7, 11) is -7.15. The van der Waals surface area contributed by atoms with E-state index in [9.17, 15) is 0 Å². The summed E-state index contributed by atoms with van der Waals surface area (Å²) in [5, 5.41) is 1.45. The highest BCUT2D eigenvalue weighted by atomic mass is 31.2. The van der Waals surface area contributed by atoms with E-state index in [1.165, 1.54) is 0 Å². The third kappa shape index (κ3) is 6.62. The van der Waals surface area contributed by atoms with Crippen LogP contribution in [-0.4, -0.2) is 0 Å². The maximum absolute atomic E-state index is 16.5. The SMILES string of the molecule is Cc1ccc(N2c3cc(C)c(C)cc3N(c3ccc(C)cc3)P2(=O)c2ccc(-c3ccc(P4(=O)N(c5ccc(C)cc5)c5cc(C)c(C)cc5N4c4ccc(C)cc4)cc3)cc2)cc1. The van der Waals surface area contributed by atoms with E-state index in [1.807, 2.05) is 24.3 Å². The topological polar surface area (TPSA) is 47.1 Å². The lowest BCUT2D eigenvalue weighted by atomic mass is 10.1. The van der Waals surface area contributed by atoms with Crippen LogP contribution in [0.2, 0.25) is 0 Å². The van der Waals surface area contributed by atoms with Gasteiger partial charge >= 0.3 is 14.9 Å². The second-order valence-corrected chi connectivity index (χ2v) is 22.4. The van der Waals surface area contributed by atoms with E-state index >= 15 is 9.13 Å². The van der Waals surface area contributed by atoms with Crippen LogP contribution in [0, 0.1) is 55.4 Å². The van der Waals surface area contributed by atoms with Crippen LogP contribution in [0.3, 0.4) is 0 Å². The average molecular weight is 875 g/mol. The molecular weight excluding hydrogens is 823 g/mol. The fourth-order valence-electron chi connectivity index (χ4n) is 9.10. The van der Waals surface area contributed by atoms with E-state index in [-0.39, 0.29) is 0 Å². The molecule has 0 unspecified atom stereocenters. The molecule has 2 heterocycles. The fraction of sp³-hybridized carbons (Fsp3) is 0.143. The van der Waals surface area contributed by atoms with Crippen molar-refractivity contribution in [2.75, 3.05) is 18.7 Å². The molecular formula is C56H52N4O2P2. The van der Waals surface area contributed by atoms with Crippen LogP contribution in [-0.2, 0) is 9.13 Å². The first kappa shape index (κ1) is 41.4. The number of hydrogen-bond acceptors (Lipinski definition) is 2. The normalized spacial score (nSPS) is 14.8. The third-order valence-electron chi connectivity index (χ3n) is 13.0. The van der Waals surface area contributed by atoms with E-state index in [0.717, 1.165) is 112 Å². The highest BCUT2D eigenvalue weighted by molar-refractivity contribution is 7.76. The minimum Gasteiger partial charge on any atom is -0.270 e. The molecule has 0 fully saturated rings. The molecule has 8 aromatic rings. The van der Waals surface area contributed by atoms with E-state index < -0.39 is 14.9 Å². The second-order valence-electron chi connectivity index (χ2n) is 17.6. The molecule has 0 saturated heterocycles. The summed E-state index contributed by atoms with van der Waals surface area (Å²) in [5.41, 5.74) is 18.3. The molecule has 2 aliphatic heterocycles. The predicted molar refractivity (Wildman–Crippen MR) is 271 cm³/mol. The van der Waals surface area contributed by atoms with Gasteiger partial charge in [-0.3, -0.25) is 27.8 Å². The number of anilines is 8. The predicted octanol–water partition coefficient (Wildman–Crippen LogP) is 15.4. The Bertz CT molecular complexity index is 2800. The minimum atomic E-state index is -3.58. The fourth-order valence-corrected chi connectivity index (χ4v) is 15.0. The molecule has 10 rings (SSSR count). The molecule has 0 bridgehead atoms. The molecule has 0 saturated carbocycles. The van der Waals surface area contributed by atoms with Crippen molar-refractivity contribution in [3.63, 3.8) is 0 Å². The van der Waals surface area contributed by atoms with Gasteiger partial charge < -0.3 is 0 Å². The largest absolute Gasteiger partial charge is 0.301 e. The Morgan fingerprint density at radius 2 is 0.484 bits per heavy atom. The Labute approximate surface area is 378 Å². The Morgan fingerprint density at radius 1 is 0.281 bits per heavy atom. The summed E-state index contributed by atoms with van der Waals surface area (Å²) >= 11 is 0. The third-order valence-corrected chi connectivity index (χ3v) is 18.9. The zero-order chi connectivity index (χ0) is 44.7. The van der Waals surface area contributed by atoms with Crippen LogP contribution in [0.15, 0.2) is 170 Å². The van der Waals surface area contributed by atoms with Gasteiger partial charge in [-0.05, 0) is 186 Å². The molecule has 0 N–H and O–H groups in total. The summed E-state index contributed by atoms with van der Waals surface area (Å²) in [5.74, 6) is 0. The van der Waals surface area contributed by atoms with Crippen molar-refractivity contribution in [2.24, 2.45) is 0 Å². The summed E-state index contributed by atoms with van der Waals surface area (Å²) in [6.45, 7) is 16.8. The van der Waals surface area contributed by atoms with Crippen molar-refractivity contribution in [2.45, 2.75) is 55.4 Å². The van der Waals surface area contributed by atoms with Crippen molar-refractivity contribution >= 4 is 71.0 Å². The van der Waals surface area contributed by atoms with Gasteiger partial charge in [0.2, 0.25) is 0 Å². The van der Waals surface area contributed by atoms with E-state index in [2.05, 4.69) is 220 Å². The van der Waals surface area contributed by atoms with Crippen LogP contribution in [0.5, 0.6) is 0 Å². The van der Waals surface area contributed by atoms with Gasteiger partial charge in [0.15, 0.2) is 0 Å². The molecule has 0 radical (unpaired) electrons. The van der Waals surface area contributed by atoms with Gasteiger partial charge in [0.05, 0.1) is 33.4 Å². The van der Waals surface area contributed by atoms with Gasteiger partial charge in [-0.15, -0.1) is 0 Å². The second kappa shape index (κ2) is 15.6. The minimum absolute atomic E-state index is 0.724. The van der Waals surface area contributed by atoms with Gasteiger partial charge in [-0.25, -0.2) is 0 Å². The van der Waals surface area contributed by atoms with Gasteiger partial charge in [0, 0.05) is 22.7 Å². The van der Waals surface area contributed by atoms with E-state index in [0.29, 0.717) is 0 Å². The van der Waals surface area contributed by atoms with Crippen molar-refractivity contribution in [3.05, 3.63) is 214 Å². The van der Waals surface area contributed by atoms with Crippen LogP contribution in [0.25, 0.3) is 11.1 Å². The first-order chi connectivity index (χ1) is 30.7. The molecule has 0 aromatic heterocycles. The van der Waals surface area contributed by atoms with Gasteiger partial charge in [0.1, 0.15) is 0 Å². The van der Waals surface area contributed by atoms with Gasteiger partial charge in [0.25, 0.3) is 0 Å². The molecule has 2 aliphatic rings. The smallest absolute Gasteiger partial charge is 0.270 e. The lowest BCUT2D eigenvalue weighted by molar-refractivity contribution is 0.581. The Morgan fingerprint density at radius 3 is 0.688 bits per heavy atom. The quantitative estimate of drug-likeness (QED) is 0.149. The number of aryl methyl sites for hydroxylation is 8. The maximum atomic E-state index is 16.5. The molecule has 8 aromatic carbocycles. The molecule has 8 heteroatoms. The van der Waals surface area contributed by atoms with Crippen LogP contribution < -0.4 is 29.3 Å². The Kier molecular flexibility index (Phi) is 10.1. The molecule has 318 valence electrons. The highest BCUT2D eigenvalue weighted by Gasteiger charge is 2.51. The zero-order valence-corrected chi connectivity index (χ0v) is 39.5. The van der Waals surface area contributed by atoms with Crippen LogP contribution >= 0.6 is 14.9 Å². The summed E-state index contributed by atoms with van der Waals surface area (Å²) in [6, 6.07) is 58.4. The summed E-state index contributed by atoms with van der Waals surface area (Å²) < 4.78 is 41.2. The Hall–Kier alpha value is -6.58. The highest BCUT2D eigenvalue weighted by Crippen LogP contribution is 2.71. The van der Waals surface area contributed by atoms with Crippen LogP contribution in [0.4, 0.5) is 45.5 Å². The van der Waals surface area contributed by atoms with Crippen molar-refractivity contribution < 1.29 is 9.13 Å². The standard InChI is InChI=1S/C56H52N4O2P2/c1-37-9-21-47(22-10-37)57-53-33-41(5)42(6)34-54(53)58(48-23-11-38(2)12-24-48)63(57,61)51-29-17-45(18-30-51)46-19-31-52(32-20-46)64(62)59(49-25-13-39(3)14-26-49)55-35-43(7)44(8)36-56(55)60(64)50-27-15-40(4)16-28-50/h9-36H,1-8H3.